The van der Waals surface area contributed by atoms with Crippen LogP contribution in [0, 0.1) is 17.8 Å². The lowest BCUT2D eigenvalue weighted by Gasteiger charge is -2.57. The van der Waals surface area contributed by atoms with Crippen LogP contribution >= 0.6 is 0 Å². The number of hydrogen-bond acceptors (Lipinski definition) is 4. The van der Waals surface area contributed by atoms with Gasteiger partial charge < -0.3 is 9.52 Å². The van der Waals surface area contributed by atoms with Crippen LogP contribution in [0.5, 0.6) is 5.75 Å². The summed E-state index contributed by atoms with van der Waals surface area (Å²) < 4.78 is 5.54. The molecular formula is C33H29NO3. The van der Waals surface area contributed by atoms with Crippen molar-refractivity contribution in [1.82, 2.24) is 4.98 Å². The molecule has 4 fully saturated rings. The fourth-order valence-corrected chi connectivity index (χ4v) is 8.45. The molecular weight excluding hydrogens is 458 g/mol. The Bertz CT molecular complexity index is 1750. The van der Waals surface area contributed by atoms with Crippen LogP contribution in [0.15, 0.2) is 76.1 Å². The number of pyridine rings is 1. The highest BCUT2D eigenvalue weighted by Crippen LogP contribution is 2.60. The summed E-state index contributed by atoms with van der Waals surface area (Å²) in [6.45, 7) is 0. The van der Waals surface area contributed by atoms with Crippen LogP contribution in [0.2, 0.25) is 0 Å². The zero-order valence-electron chi connectivity index (χ0n) is 20.7. The highest BCUT2D eigenvalue weighted by Gasteiger charge is 2.51. The predicted molar refractivity (Wildman–Crippen MR) is 146 cm³/mol. The van der Waals surface area contributed by atoms with Crippen molar-refractivity contribution in [2.45, 2.75) is 50.4 Å². The summed E-state index contributed by atoms with van der Waals surface area (Å²) in [6, 6.07) is 20.2. The number of para-hydroxylation sites is 1. The van der Waals surface area contributed by atoms with E-state index in [1.54, 1.807) is 6.07 Å². The monoisotopic (exact) mass is 487 g/mol. The Kier molecular flexibility index (Phi) is 4.44. The highest BCUT2D eigenvalue weighted by atomic mass is 16.4. The largest absolute Gasteiger partial charge is 0.508 e. The Morgan fingerprint density at radius 3 is 2.41 bits per heavy atom. The van der Waals surface area contributed by atoms with Gasteiger partial charge in [0, 0.05) is 23.6 Å². The number of fused-ring (bicyclic) bond motifs is 4. The molecule has 4 bridgehead atoms. The average molecular weight is 488 g/mol. The number of hydrogen-bond donors (Lipinski definition) is 1. The summed E-state index contributed by atoms with van der Waals surface area (Å²) in [5.74, 6) is 3.01. The van der Waals surface area contributed by atoms with Crippen LogP contribution in [0.4, 0.5) is 0 Å². The number of phenols is 1. The van der Waals surface area contributed by atoms with E-state index in [1.165, 1.54) is 49.5 Å². The third-order valence-corrected chi connectivity index (χ3v) is 9.65. The van der Waals surface area contributed by atoms with Gasteiger partial charge in [0.05, 0.1) is 10.9 Å². The van der Waals surface area contributed by atoms with Crippen LogP contribution in [-0.2, 0) is 11.8 Å². The molecule has 37 heavy (non-hydrogen) atoms. The van der Waals surface area contributed by atoms with Gasteiger partial charge >= 0.3 is 5.63 Å². The van der Waals surface area contributed by atoms with Gasteiger partial charge in [-0.2, -0.15) is 0 Å². The minimum atomic E-state index is -0.384. The van der Waals surface area contributed by atoms with Gasteiger partial charge in [-0.1, -0.05) is 36.4 Å². The number of aromatic hydroxyl groups is 1. The fraction of sp³-hybridized carbons (Fsp3) is 0.333. The Balaban J connectivity index is 1.20. The first-order chi connectivity index (χ1) is 18.0. The number of phenolic OH excluding ortho intramolecular Hbond substituents is 1. The number of aromatic nitrogens is 1. The first-order valence-corrected chi connectivity index (χ1v) is 13.6. The number of rotatable bonds is 3. The van der Waals surface area contributed by atoms with Gasteiger partial charge in [0.1, 0.15) is 11.3 Å². The Morgan fingerprint density at radius 2 is 1.62 bits per heavy atom. The van der Waals surface area contributed by atoms with Crippen molar-refractivity contribution in [3.8, 4) is 5.75 Å². The molecule has 4 saturated carbocycles. The van der Waals surface area contributed by atoms with E-state index >= 15 is 0 Å². The SMILES string of the molecule is O=c1oc2ccccc2c2ncc(Cc3c(O)ccc4cc(C56CC7CC(CC(C7)C5)C6)ccc34)cc12. The van der Waals surface area contributed by atoms with E-state index in [-0.39, 0.29) is 11.4 Å². The van der Waals surface area contributed by atoms with Crippen molar-refractivity contribution in [2.24, 2.45) is 17.8 Å². The zero-order chi connectivity index (χ0) is 24.7. The number of benzene rings is 3. The second-order valence-corrected chi connectivity index (χ2v) is 12.0. The minimum absolute atomic E-state index is 0.278. The normalized spacial score (nSPS) is 26.4. The van der Waals surface area contributed by atoms with Gasteiger partial charge in [0.25, 0.3) is 0 Å². The van der Waals surface area contributed by atoms with E-state index in [0.29, 0.717) is 28.3 Å². The van der Waals surface area contributed by atoms with E-state index in [0.717, 1.165) is 39.7 Å². The molecule has 0 unspecified atom stereocenters. The summed E-state index contributed by atoms with van der Waals surface area (Å²) in [4.78, 5) is 17.4. The van der Waals surface area contributed by atoms with Crippen LogP contribution in [0.3, 0.4) is 0 Å². The highest BCUT2D eigenvalue weighted by molar-refractivity contribution is 6.01. The summed E-state index contributed by atoms with van der Waals surface area (Å²) in [6.07, 6.45) is 10.7. The molecule has 2 heterocycles. The van der Waals surface area contributed by atoms with Gasteiger partial charge in [-0.05, 0) is 108 Å². The van der Waals surface area contributed by atoms with Crippen molar-refractivity contribution < 1.29 is 9.52 Å². The maximum absolute atomic E-state index is 12.7. The van der Waals surface area contributed by atoms with E-state index in [9.17, 15) is 9.90 Å². The molecule has 1 N–H and O–H groups in total. The Labute approximate surface area is 215 Å². The van der Waals surface area contributed by atoms with Gasteiger partial charge in [-0.25, -0.2) is 4.79 Å². The molecule has 4 aliphatic rings. The number of nitrogens with zero attached hydrogens (tertiary/aromatic N) is 1. The van der Waals surface area contributed by atoms with Crippen molar-refractivity contribution in [1.29, 1.82) is 0 Å². The summed E-state index contributed by atoms with van der Waals surface area (Å²) in [5, 5.41) is 14.4. The van der Waals surface area contributed by atoms with E-state index in [4.69, 9.17) is 4.42 Å². The molecule has 0 aliphatic heterocycles. The maximum Gasteiger partial charge on any atom is 0.345 e. The lowest BCUT2D eigenvalue weighted by Crippen LogP contribution is -2.48. The van der Waals surface area contributed by atoms with Crippen LogP contribution in [-0.4, -0.2) is 10.1 Å². The average Bonchev–Trinajstić information content (AvgIpc) is 2.89. The molecule has 9 rings (SSSR count). The van der Waals surface area contributed by atoms with Crippen molar-refractivity contribution in [3.63, 3.8) is 0 Å². The van der Waals surface area contributed by atoms with Gasteiger partial charge in [0.2, 0.25) is 0 Å². The maximum atomic E-state index is 12.7. The second-order valence-electron chi connectivity index (χ2n) is 12.0. The first-order valence-electron chi connectivity index (χ1n) is 13.6. The topological polar surface area (TPSA) is 63.3 Å². The Morgan fingerprint density at radius 1 is 0.865 bits per heavy atom. The van der Waals surface area contributed by atoms with E-state index in [1.807, 2.05) is 36.5 Å². The molecule has 3 aromatic carbocycles. The molecule has 4 nitrogen and oxygen atoms in total. The van der Waals surface area contributed by atoms with Crippen molar-refractivity contribution in [2.75, 3.05) is 0 Å². The molecule has 184 valence electrons. The Hall–Kier alpha value is -3.66. The molecule has 0 amide bonds. The summed E-state index contributed by atoms with van der Waals surface area (Å²) >= 11 is 0. The predicted octanol–water partition coefficient (Wildman–Crippen LogP) is 7.26. The quantitative estimate of drug-likeness (QED) is 0.215. The molecule has 0 radical (unpaired) electrons. The standard InChI is InChI=1S/C33H29NO3/c35-29-8-5-23-14-24(33-15-19-9-20(16-33)11-21(10-19)17-33)6-7-25(23)27(29)12-22-13-28-31(34-18-22)26-3-1-2-4-30(26)37-32(28)36/h1-8,13-14,18-21,35H,9-12,15-17H2. The lowest BCUT2D eigenvalue weighted by atomic mass is 9.48. The first kappa shape index (κ1) is 21.4. The van der Waals surface area contributed by atoms with Gasteiger partial charge in [0.15, 0.2) is 0 Å². The van der Waals surface area contributed by atoms with Crippen LogP contribution < -0.4 is 5.63 Å². The van der Waals surface area contributed by atoms with Crippen LogP contribution in [0.1, 0.15) is 55.2 Å². The third-order valence-electron chi connectivity index (χ3n) is 9.65. The van der Waals surface area contributed by atoms with Gasteiger partial charge in [-0.3, -0.25) is 4.98 Å². The molecule has 0 spiro atoms. The van der Waals surface area contributed by atoms with E-state index < -0.39 is 0 Å². The molecule has 0 saturated heterocycles. The molecule has 4 heteroatoms. The van der Waals surface area contributed by atoms with Crippen molar-refractivity contribution in [3.05, 3.63) is 94.0 Å². The lowest BCUT2D eigenvalue weighted by molar-refractivity contribution is -0.00512. The molecule has 4 aliphatic carbocycles. The fourth-order valence-electron chi connectivity index (χ4n) is 8.45. The second kappa shape index (κ2) is 7.67. The molecule has 0 atom stereocenters. The molecule has 5 aromatic rings. The summed E-state index contributed by atoms with van der Waals surface area (Å²) in [5.41, 5.74) is 4.40. The minimum Gasteiger partial charge on any atom is -0.508 e. The zero-order valence-corrected chi connectivity index (χ0v) is 20.7. The van der Waals surface area contributed by atoms with Gasteiger partial charge in [-0.15, -0.1) is 0 Å². The third kappa shape index (κ3) is 3.28. The smallest absolute Gasteiger partial charge is 0.345 e. The molecule has 2 aromatic heterocycles. The summed E-state index contributed by atoms with van der Waals surface area (Å²) in [7, 11) is 0. The van der Waals surface area contributed by atoms with Crippen molar-refractivity contribution >= 4 is 32.6 Å². The van der Waals surface area contributed by atoms with Crippen LogP contribution in [0.25, 0.3) is 32.6 Å². The van der Waals surface area contributed by atoms with E-state index in [2.05, 4.69) is 29.2 Å².